The Kier molecular flexibility index (Phi) is 15.0. The third kappa shape index (κ3) is 11.3. The highest BCUT2D eigenvalue weighted by Gasteiger charge is 2.30. The number of methoxy groups -OCH3 is 3. The average molecular weight is 817 g/mol. The van der Waals surface area contributed by atoms with Crippen molar-refractivity contribution in [2.75, 3.05) is 34.5 Å². The number of aliphatic imine (C=N–C) groups is 2. The third-order valence-electron chi connectivity index (χ3n) is 10.8. The van der Waals surface area contributed by atoms with E-state index in [-0.39, 0.29) is 5.92 Å². The van der Waals surface area contributed by atoms with E-state index in [1.165, 1.54) is 5.56 Å². The molecule has 0 bridgehead atoms. The van der Waals surface area contributed by atoms with E-state index >= 15 is 0 Å². The molecule has 0 amide bonds. The van der Waals surface area contributed by atoms with Gasteiger partial charge in [-0.3, -0.25) is 0 Å². The van der Waals surface area contributed by atoms with Gasteiger partial charge in [0.25, 0.3) is 0 Å². The SMILES string of the molecule is CO/C(=N\c1cccc(C)c1)C(c1cc(C)ccc1C)c1cc(C)ccc1OCCCCOc1ccc(C)cc1C(/C(=N/c1cccc(C)c1)OC)c1cc(C)ccc1OC. The molecule has 0 spiro atoms. The first kappa shape index (κ1) is 44.2. The van der Waals surface area contributed by atoms with Gasteiger partial charge in [-0.25, -0.2) is 9.98 Å². The van der Waals surface area contributed by atoms with Crippen LogP contribution in [0.3, 0.4) is 0 Å². The predicted molar refractivity (Wildman–Crippen MR) is 250 cm³/mol. The number of nitrogens with zero attached hydrogens (tertiary/aromatic N) is 2. The summed E-state index contributed by atoms with van der Waals surface area (Å²) in [7, 11) is 5.08. The smallest absolute Gasteiger partial charge is 0.200 e. The van der Waals surface area contributed by atoms with E-state index in [1.54, 1.807) is 21.3 Å². The first-order valence-electron chi connectivity index (χ1n) is 21.0. The molecule has 6 aromatic rings. The Labute approximate surface area is 363 Å². The van der Waals surface area contributed by atoms with Gasteiger partial charge in [0, 0.05) is 16.7 Å². The lowest BCUT2D eigenvalue weighted by Crippen LogP contribution is -2.19. The van der Waals surface area contributed by atoms with E-state index in [0.29, 0.717) is 25.0 Å². The quantitative estimate of drug-likeness (QED) is 0.0553. The van der Waals surface area contributed by atoms with E-state index in [9.17, 15) is 0 Å². The van der Waals surface area contributed by atoms with E-state index < -0.39 is 5.92 Å². The minimum Gasteiger partial charge on any atom is -0.496 e. The van der Waals surface area contributed by atoms with Gasteiger partial charge in [0.1, 0.15) is 17.2 Å². The first-order chi connectivity index (χ1) is 29.5. The number of hydrogen-bond acceptors (Lipinski definition) is 7. The highest BCUT2D eigenvalue weighted by molar-refractivity contribution is 5.91. The topological polar surface area (TPSA) is 70.9 Å². The fraction of sp³-hybridized carbons (Fsp3) is 0.296. The van der Waals surface area contributed by atoms with Crippen LogP contribution in [-0.2, 0) is 9.47 Å². The van der Waals surface area contributed by atoms with Crippen LogP contribution in [0, 0.1) is 48.5 Å². The fourth-order valence-electron chi connectivity index (χ4n) is 7.74. The van der Waals surface area contributed by atoms with Crippen LogP contribution in [-0.4, -0.2) is 46.3 Å². The molecule has 2 atom stereocenters. The van der Waals surface area contributed by atoms with Crippen LogP contribution in [0.5, 0.6) is 17.2 Å². The largest absolute Gasteiger partial charge is 0.496 e. The molecule has 0 saturated heterocycles. The molecule has 0 N–H and O–H groups in total. The first-order valence-corrected chi connectivity index (χ1v) is 21.0. The molecule has 0 aromatic heterocycles. The van der Waals surface area contributed by atoms with Crippen molar-refractivity contribution in [3.05, 3.63) is 183 Å². The lowest BCUT2D eigenvalue weighted by atomic mass is 9.86. The summed E-state index contributed by atoms with van der Waals surface area (Å²) in [5.74, 6) is 2.81. The Morgan fingerprint density at radius 3 is 1.23 bits per heavy atom. The van der Waals surface area contributed by atoms with Gasteiger partial charge < -0.3 is 23.7 Å². The summed E-state index contributed by atoms with van der Waals surface area (Å²) in [4.78, 5) is 10.1. The molecule has 316 valence electrons. The number of benzene rings is 6. The van der Waals surface area contributed by atoms with Crippen molar-refractivity contribution in [1.82, 2.24) is 0 Å². The number of unbranched alkanes of at least 4 members (excludes halogenated alkanes) is 1. The Balaban J connectivity index is 1.25. The molecule has 0 aliphatic heterocycles. The van der Waals surface area contributed by atoms with Crippen molar-refractivity contribution in [2.24, 2.45) is 9.98 Å². The third-order valence-corrected chi connectivity index (χ3v) is 10.8. The molecular formula is C54H60N2O5. The van der Waals surface area contributed by atoms with Crippen molar-refractivity contribution >= 4 is 23.2 Å². The predicted octanol–water partition coefficient (Wildman–Crippen LogP) is 13.1. The second kappa shape index (κ2) is 20.8. The molecular weight excluding hydrogens is 757 g/mol. The molecule has 0 fully saturated rings. The number of aryl methyl sites for hydroxylation is 7. The van der Waals surface area contributed by atoms with E-state index in [1.807, 2.05) is 36.4 Å². The van der Waals surface area contributed by atoms with Crippen molar-refractivity contribution in [2.45, 2.75) is 73.1 Å². The lowest BCUT2D eigenvalue weighted by molar-refractivity contribution is 0.263. The molecule has 0 aliphatic rings. The normalized spacial score (nSPS) is 12.8. The molecule has 0 saturated carbocycles. The molecule has 0 radical (unpaired) electrons. The average Bonchev–Trinajstić information content (AvgIpc) is 3.24. The molecule has 6 aromatic carbocycles. The van der Waals surface area contributed by atoms with Crippen LogP contribution in [0.1, 0.15) is 85.9 Å². The Hall–Kier alpha value is -6.34. The second-order valence-corrected chi connectivity index (χ2v) is 15.9. The van der Waals surface area contributed by atoms with Crippen molar-refractivity contribution in [3.8, 4) is 17.2 Å². The summed E-state index contributed by atoms with van der Waals surface area (Å²) in [6.07, 6.45) is 1.56. The zero-order valence-electron chi connectivity index (χ0n) is 37.5. The fourth-order valence-corrected chi connectivity index (χ4v) is 7.74. The van der Waals surface area contributed by atoms with Gasteiger partial charge in [-0.05, 0) is 126 Å². The second-order valence-electron chi connectivity index (χ2n) is 15.9. The van der Waals surface area contributed by atoms with Gasteiger partial charge in [0.05, 0.1) is 57.8 Å². The molecule has 2 unspecified atom stereocenters. The molecule has 0 aliphatic carbocycles. The van der Waals surface area contributed by atoms with Crippen LogP contribution < -0.4 is 14.2 Å². The van der Waals surface area contributed by atoms with E-state index in [2.05, 4.69) is 133 Å². The highest BCUT2D eigenvalue weighted by atomic mass is 16.5. The highest BCUT2D eigenvalue weighted by Crippen LogP contribution is 2.41. The summed E-state index contributed by atoms with van der Waals surface area (Å²) in [6.45, 7) is 15.7. The summed E-state index contributed by atoms with van der Waals surface area (Å²) in [5, 5.41) is 0. The van der Waals surface area contributed by atoms with Crippen LogP contribution in [0.15, 0.2) is 131 Å². The zero-order valence-corrected chi connectivity index (χ0v) is 37.5. The van der Waals surface area contributed by atoms with Gasteiger partial charge in [-0.2, -0.15) is 0 Å². The minimum absolute atomic E-state index is 0.282. The Morgan fingerprint density at radius 1 is 0.426 bits per heavy atom. The van der Waals surface area contributed by atoms with Gasteiger partial charge >= 0.3 is 0 Å². The van der Waals surface area contributed by atoms with Crippen LogP contribution in [0.2, 0.25) is 0 Å². The Morgan fingerprint density at radius 2 is 0.803 bits per heavy atom. The molecule has 0 heterocycles. The summed E-state index contributed by atoms with van der Waals surface area (Å²) >= 11 is 0. The minimum atomic E-state index is -0.394. The number of ether oxygens (including phenoxy) is 5. The van der Waals surface area contributed by atoms with E-state index in [4.69, 9.17) is 33.7 Å². The standard InChI is InChI=1S/C54H60N2O5/c1-35-15-13-17-42(29-35)55-53(58-9)51(44-31-37(3)19-23-41(44)7)46-33-39(5)21-25-49(46)60-27-11-12-28-61-50-26-22-40(6)34-47(50)52(45-32-38(4)20-24-48(45)57-8)54(59-10)56-43-18-14-16-36(2)30-43/h13-26,29-34,51-52H,11-12,27-28H2,1-10H3/b55-53-,56-54-. The van der Waals surface area contributed by atoms with Crippen molar-refractivity contribution < 1.29 is 23.7 Å². The van der Waals surface area contributed by atoms with Crippen molar-refractivity contribution in [1.29, 1.82) is 0 Å². The van der Waals surface area contributed by atoms with Gasteiger partial charge in [0.15, 0.2) is 0 Å². The maximum atomic E-state index is 6.65. The molecule has 61 heavy (non-hydrogen) atoms. The van der Waals surface area contributed by atoms with Gasteiger partial charge in [0.2, 0.25) is 11.8 Å². The van der Waals surface area contributed by atoms with Crippen LogP contribution in [0.25, 0.3) is 0 Å². The maximum Gasteiger partial charge on any atom is 0.200 e. The van der Waals surface area contributed by atoms with Crippen molar-refractivity contribution in [3.63, 3.8) is 0 Å². The van der Waals surface area contributed by atoms with E-state index in [0.717, 1.165) is 97.1 Å². The molecule has 7 heteroatoms. The summed E-state index contributed by atoms with van der Waals surface area (Å²) < 4.78 is 31.5. The molecule has 7 nitrogen and oxygen atoms in total. The van der Waals surface area contributed by atoms with Gasteiger partial charge in [-0.1, -0.05) is 101 Å². The number of hydrogen-bond donors (Lipinski definition) is 0. The summed E-state index contributed by atoms with van der Waals surface area (Å²) in [5.41, 5.74) is 13.7. The summed E-state index contributed by atoms with van der Waals surface area (Å²) in [6, 6.07) is 41.7. The molecule has 6 rings (SSSR count). The number of rotatable bonds is 16. The van der Waals surface area contributed by atoms with Gasteiger partial charge in [-0.15, -0.1) is 0 Å². The lowest BCUT2D eigenvalue weighted by Gasteiger charge is -2.25. The van der Waals surface area contributed by atoms with Crippen LogP contribution in [0.4, 0.5) is 11.4 Å². The van der Waals surface area contributed by atoms with Crippen LogP contribution >= 0.6 is 0 Å². The monoisotopic (exact) mass is 816 g/mol. The maximum absolute atomic E-state index is 6.65. The Bertz CT molecular complexity index is 2500. The zero-order chi connectivity index (χ0) is 43.5.